The number of nitrogens with two attached hydrogens (primary N) is 2. The molecular formula is C63H92ClN13O22S2. The highest BCUT2D eigenvalue weighted by Gasteiger charge is 2.64. The van der Waals surface area contributed by atoms with Gasteiger partial charge in [-0.1, -0.05) is 57.0 Å². The van der Waals surface area contributed by atoms with Crippen LogP contribution < -0.4 is 47.7 Å². The number of carboxylic acids is 4. The van der Waals surface area contributed by atoms with Crippen molar-refractivity contribution < 1.29 is 107 Å². The van der Waals surface area contributed by atoms with Crippen LogP contribution in [0.15, 0.2) is 35.0 Å². The van der Waals surface area contributed by atoms with Gasteiger partial charge in [0.2, 0.25) is 35.4 Å². The summed E-state index contributed by atoms with van der Waals surface area (Å²) in [5.74, 6) is -13.0. The predicted octanol–water partition coefficient (Wildman–Crippen LogP) is 1.41. The summed E-state index contributed by atoms with van der Waals surface area (Å²) < 4.78 is 31.0. The number of carboxylic acid groups (broad SMARTS) is 4. The van der Waals surface area contributed by atoms with E-state index in [9.17, 15) is 78.0 Å². The number of aromatic nitrogens is 3. The number of guanidine groups is 1. The van der Waals surface area contributed by atoms with Crippen molar-refractivity contribution in [3.63, 3.8) is 0 Å². The first-order valence-corrected chi connectivity index (χ1v) is 35.4. The van der Waals surface area contributed by atoms with E-state index < -0.39 is 163 Å². The first kappa shape index (κ1) is 83.1. The lowest BCUT2D eigenvalue weighted by Crippen LogP contribution is -2.64. The smallest absolute Gasteiger partial charge is 0.409 e. The Morgan fingerprint density at radius 1 is 0.881 bits per heavy atom. The molecule has 4 heterocycles. The summed E-state index contributed by atoms with van der Waals surface area (Å²) in [6.07, 6.45) is -2.04. The van der Waals surface area contributed by atoms with E-state index in [1.165, 1.54) is 44.8 Å². The fraction of sp³-hybridized carbons (Fsp3) is 0.635. The number of methoxy groups -OCH3 is 2. The van der Waals surface area contributed by atoms with Crippen molar-refractivity contribution in [1.82, 2.24) is 46.5 Å². The third kappa shape index (κ3) is 25.5. The molecule has 12 atom stereocenters. The molecule has 4 bridgehead atoms. The van der Waals surface area contributed by atoms with Gasteiger partial charge in [-0.25, -0.2) is 14.4 Å². The molecule has 0 radical (unpaired) electrons. The molecule has 0 unspecified atom stereocenters. The monoisotopic (exact) mass is 1480 g/mol. The van der Waals surface area contributed by atoms with Gasteiger partial charge in [0.05, 0.1) is 43.9 Å². The van der Waals surface area contributed by atoms with E-state index in [0.29, 0.717) is 62.2 Å². The quantitative estimate of drug-likeness (QED) is 0.00872. The molecule has 5 rings (SSSR count). The molecule has 0 spiro atoms. The molecule has 560 valence electrons. The van der Waals surface area contributed by atoms with Crippen molar-refractivity contribution in [3.8, 4) is 5.75 Å². The number of aliphatic hydroxyl groups is 1. The molecule has 2 fully saturated rings. The lowest BCUT2D eigenvalue weighted by molar-refractivity contribution is -0.162. The number of ether oxygens (including phenoxy) is 5. The van der Waals surface area contributed by atoms with Gasteiger partial charge in [-0.2, -0.15) is 0 Å². The Morgan fingerprint density at radius 3 is 2.17 bits per heavy atom. The minimum Gasteiger partial charge on any atom is -0.495 e. The summed E-state index contributed by atoms with van der Waals surface area (Å²) in [5, 5.41) is 70.2. The number of likely N-dealkylation sites (N-methyl/N-ethyl adjacent to an activating group) is 1. The SMILES string of the molecule is COc1cc2cc(c1Cl)N(C)C(=O)C[C@H](OC(=O)[C@H](C)N(C)C(=O)CCSSC[C@H](NC(=O)[C@H](CC(=O)O)NC(=O)[C@H](CCCN=C(N)N)NC(=O)[C@H](CC(=O)O)NC(=O)CCCCn1cc(CCCC(=O)O)nn1)C(=O)O)[C@@]1(C)O[C@H]1[C@H](C)[C@@H]1C[C@@](O)(NC(=O)O1)[C@H](OC)CC/C=C(\C)C2. The third-order valence-electron chi connectivity index (χ3n) is 17.3. The number of nitrogens with zero attached hydrogens (tertiary/aromatic N) is 6. The maximum Gasteiger partial charge on any atom is 0.409 e. The number of carbonyl (C=O) groups excluding carboxylic acids is 8. The average molecular weight is 1480 g/mol. The van der Waals surface area contributed by atoms with E-state index in [1.54, 1.807) is 32.2 Å². The number of fused-ring (bicyclic) bond motifs is 5. The molecule has 1 aromatic carbocycles. The lowest BCUT2D eigenvalue weighted by atomic mass is 9.83. The number of allylic oxidation sites excluding steroid dienone is 2. The van der Waals surface area contributed by atoms with Crippen LogP contribution in [0.2, 0.25) is 5.02 Å². The second kappa shape index (κ2) is 39.1. The molecule has 7 amide bonds. The predicted molar refractivity (Wildman–Crippen MR) is 365 cm³/mol. The Hall–Kier alpha value is -8.52. The van der Waals surface area contributed by atoms with Crippen LogP contribution in [0.1, 0.15) is 129 Å². The zero-order valence-corrected chi connectivity index (χ0v) is 59.8. The number of esters is 1. The topological polar surface area (TPSA) is 517 Å². The van der Waals surface area contributed by atoms with Gasteiger partial charge in [0.1, 0.15) is 64.9 Å². The molecule has 14 N–H and O–H groups in total. The molecule has 3 aliphatic rings. The summed E-state index contributed by atoms with van der Waals surface area (Å²) in [6.45, 7) is 6.90. The van der Waals surface area contributed by atoms with Gasteiger partial charge >= 0.3 is 35.9 Å². The zero-order chi connectivity index (χ0) is 75.1. The van der Waals surface area contributed by atoms with E-state index in [2.05, 4.69) is 41.9 Å². The van der Waals surface area contributed by atoms with Gasteiger partial charge in [0.25, 0.3) is 0 Å². The number of rotatable bonds is 36. The Kier molecular flexibility index (Phi) is 32.1. The number of anilines is 1. The maximum absolute atomic E-state index is 14.5. The van der Waals surface area contributed by atoms with Gasteiger partial charge in [-0.15, -0.1) is 5.10 Å². The van der Waals surface area contributed by atoms with Gasteiger partial charge < -0.3 is 91.8 Å². The highest BCUT2D eigenvalue weighted by molar-refractivity contribution is 8.76. The number of alkyl carbamates (subject to hydrolysis) is 1. The summed E-state index contributed by atoms with van der Waals surface area (Å²) in [7, 11) is 7.61. The van der Waals surface area contributed by atoms with Gasteiger partial charge in [0.15, 0.2) is 11.7 Å². The Morgan fingerprint density at radius 2 is 1.53 bits per heavy atom. The van der Waals surface area contributed by atoms with E-state index in [1.807, 2.05) is 13.0 Å². The van der Waals surface area contributed by atoms with Gasteiger partial charge in [-0.05, 0) is 96.3 Å². The summed E-state index contributed by atoms with van der Waals surface area (Å²) in [4.78, 5) is 163. The highest BCUT2D eigenvalue weighted by atomic mass is 35.5. The fourth-order valence-electron chi connectivity index (χ4n) is 11.4. The van der Waals surface area contributed by atoms with Crippen LogP contribution in [-0.4, -0.2) is 235 Å². The lowest BCUT2D eigenvalue weighted by Gasteiger charge is -2.43. The Balaban J connectivity index is 1.21. The van der Waals surface area contributed by atoms with Crippen LogP contribution in [0.25, 0.3) is 0 Å². The number of hydrogen-bond donors (Lipinski definition) is 12. The fourth-order valence-corrected chi connectivity index (χ4v) is 13.8. The van der Waals surface area contributed by atoms with Crippen LogP contribution in [0, 0.1) is 5.92 Å². The third-order valence-corrected chi connectivity index (χ3v) is 20.1. The molecule has 35 nitrogen and oxygen atoms in total. The van der Waals surface area contributed by atoms with Crippen LogP contribution in [0.4, 0.5) is 10.5 Å². The van der Waals surface area contributed by atoms with Crippen molar-refractivity contribution in [1.29, 1.82) is 0 Å². The van der Waals surface area contributed by atoms with Crippen LogP contribution in [-0.2, 0) is 91.1 Å². The number of epoxide rings is 1. The number of aliphatic carboxylic acids is 4. The normalized spacial score (nSPS) is 22.6. The van der Waals surface area contributed by atoms with Crippen molar-refractivity contribution in [2.75, 3.05) is 51.3 Å². The van der Waals surface area contributed by atoms with Gasteiger partial charge in [-0.3, -0.25) is 58.1 Å². The number of aryl methyl sites for hydroxylation is 2. The Bertz CT molecular complexity index is 3380. The van der Waals surface area contributed by atoms with Crippen molar-refractivity contribution in [3.05, 3.63) is 46.3 Å². The van der Waals surface area contributed by atoms with E-state index in [-0.39, 0.29) is 74.0 Å². The largest absolute Gasteiger partial charge is 0.495 e. The van der Waals surface area contributed by atoms with E-state index in [0.717, 1.165) is 37.6 Å². The molecule has 3 aliphatic heterocycles. The second-order valence-electron chi connectivity index (χ2n) is 25.0. The number of amides is 7. The van der Waals surface area contributed by atoms with Crippen LogP contribution in [0.3, 0.4) is 0 Å². The molecule has 2 aromatic rings. The van der Waals surface area contributed by atoms with Crippen molar-refractivity contribution in [2.45, 2.75) is 203 Å². The standard InChI is InChI=1S/C63H92ClN13O22S2/c1-33-14-11-17-45(96-8)63(94)30-44(97-61(93)72-63)34(2)54-62(4,99-54)46(29-49(80)76(6)42-25-36(24-33)26-43(95-7)53(42)64)98-59(92)35(3)75(5)48(79)20-23-100-101-32-41(58(90)91)71-57(89)40(28-52(85)86)70-55(87)38(16-13-21-67-60(65)66)69-56(88)39(27-51(83)84)68-47(78)18-9-10-22-77-31-37(73-74-77)15-12-19-50(81)82/h14,25-26,31,34-35,38-41,44-46,54,94H,9-13,15-24,27-30,32H2,1-8H3,(H,68,78)(H,69,88)(H,70,87)(H,71,89)(H,72,93)(H,81,82)(H,83,84)(H,85,86)(H,90,91)(H4,65,66,67)/b33-14+/t34-,35+,38+,39+,40+,41+,44+,45-,46+,54+,62-,63+/m1/s1. The van der Waals surface area contributed by atoms with E-state index >= 15 is 0 Å². The summed E-state index contributed by atoms with van der Waals surface area (Å²) in [5.41, 5.74) is 10.2. The number of unbranched alkanes of at least 4 members (excludes halogenated alkanes) is 1. The second-order valence-corrected chi connectivity index (χ2v) is 28.0. The minimum atomic E-state index is -1.96. The number of benzene rings is 1. The van der Waals surface area contributed by atoms with Crippen LogP contribution >= 0.6 is 33.2 Å². The summed E-state index contributed by atoms with van der Waals surface area (Å²) in [6, 6.07) is -4.85. The molecule has 101 heavy (non-hydrogen) atoms. The minimum absolute atomic E-state index is 0.0201. The maximum atomic E-state index is 14.5. The van der Waals surface area contributed by atoms with Gasteiger partial charge in [0, 0.05) is 83.6 Å². The molecule has 0 aliphatic carbocycles. The zero-order valence-electron chi connectivity index (χ0n) is 57.4. The average Bonchev–Trinajstić information content (AvgIpc) is 1.58. The number of aliphatic imine (C=N–C) groups is 1. The number of halogens is 1. The molecule has 38 heteroatoms. The molecular weight excluding hydrogens is 1390 g/mol. The number of nitrogens with one attached hydrogen (secondary N) is 5. The van der Waals surface area contributed by atoms with Crippen LogP contribution in [0.5, 0.6) is 5.75 Å². The molecule has 1 aromatic heterocycles. The first-order chi connectivity index (χ1) is 47.6. The van der Waals surface area contributed by atoms with Crippen molar-refractivity contribution in [2.24, 2.45) is 22.4 Å². The molecule has 2 saturated heterocycles. The first-order valence-electron chi connectivity index (χ1n) is 32.5. The van der Waals surface area contributed by atoms with E-state index in [4.69, 9.17) is 51.9 Å². The van der Waals surface area contributed by atoms with Crippen molar-refractivity contribution >= 4 is 116 Å². The number of carbonyl (C=O) groups is 12. The molecule has 0 saturated carbocycles. The highest BCUT2D eigenvalue weighted by Crippen LogP contribution is 2.49. The summed E-state index contributed by atoms with van der Waals surface area (Å²) >= 11 is 6.84. The number of hydrogen-bond acceptors (Lipinski definition) is 23. The Labute approximate surface area is 595 Å².